The van der Waals surface area contributed by atoms with Crippen molar-refractivity contribution in [1.29, 1.82) is 0 Å². The van der Waals surface area contributed by atoms with Gasteiger partial charge in [-0.05, 0) is 110 Å². The van der Waals surface area contributed by atoms with Crippen LogP contribution in [0.5, 0.6) is 5.75 Å². The zero-order valence-corrected chi connectivity index (χ0v) is 25.1. The molecular weight excluding hydrogens is 574 g/mol. The Morgan fingerprint density at radius 1 is 1.02 bits per heavy atom. The average Bonchev–Trinajstić information content (AvgIpc) is 3.99. The highest BCUT2D eigenvalue weighted by Gasteiger charge is 2.47. The first-order valence-electron chi connectivity index (χ1n) is 15.2. The topological polar surface area (TPSA) is 81.4 Å². The second kappa shape index (κ2) is 11.3. The Morgan fingerprint density at radius 3 is 2.47 bits per heavy atom. The van der Waals surface area contributed by atoms with Crippen molar-refractivity contribution in [3.8, 4) is 28.2 Å². The van der Waals surface area contributed by atoms with Gasteiger partial charge in [-0.2, -0.15) is 0 Å². The van der Waals surface area contributed by atoms with Crippen LogP contribution in [-0.4, -0.2) is 30.3 Å². The number of carbonyl (C=O) groups excluding carboxylic acids is 2. The van der Waals surface area contributed by atoms with Gasteiger partial charge in [-0.3, -0.25) is 14.6 Å². The molecule has 6 nitrogen and oxygen atoms in total. The number of rotatable bonds is 10. The quantitative estimate of drug-likeness (QED) is 0.162. The van der Waals surface area contributed by atoms with Crippen molar-refractivity contribution in [3.05, 3.63) is 107 Å². The number of ketones is 1. The van der Waals surface area contributed by atoms with Gasteiger partial charge in [0.15, 0.2) is 5.78 Å². The number of carbonyl (C=O) groups is 2. The lowest BCUT2D eigenvalue weighted by atomic mass is 9.89. The van der Waals surface area contributed by atoms with E-state index < -0.39 is 17.5 Å². The Bertz CT molecular complexity index is 1940. The van der Waals surface area contributed by atoms with Crippen LogP contribution in [0.1, 0.15) is 64.1 Å². The fourth-order valence-electron chi connectivity index (χ4n) is 6.06. The number of hydrogen-bond donors (Lipinski definition) is 1. The molecule has 0 unspecified atom stereocenters. The molecule has 2 aliphatic rings. The van der Waals surface area contributed by atoms with E-state index in [9.17, 15) is 14.0 Å². The van der Waals surface area contributed by atoms with E-state index >= 15 is 4.39 Å². The van der Waals surface area contributed by atoms with Gasteiger partial charge in [0.25, 0.3) is 5.91 Å². The van der Waals surface area contributed by atoms with Gasteiger partial charge in [0, 0.05) is 41.9 Å². The van der Waals surface area contributed by atoms with Crippen LogP contribution in [0.3, 0.4) is 0 Å². The normalized spacial score (nSPS) is 15.2. The highest BCUT2D eigenvalue weighted by Crippen LogP contribution is 2.51. The highest BCUT2D eigenvalue weighted by molar-refractivity contribution is 6.12. The number of ether oxygens (including phenoxy) is 1. The number of benzene rings is 3. The number of Topliss-reactive ketones (excluding diaryl/α,β-unsaturated/α-hetero) is 1. The molecule has 7 rings (SSSR count). The third kappa shape index (κ3) is 5.39. The van der Waals surface area contributed by atoms with Crippen LogP contribution in [-0.2, 0) is 5.41 Å². The first-order chi connectivity index (χ1) is 21.8. The fourth-order valence-corrected chi connectivity index (χ4v) is 6.06. The summed E-state index contributed by atoms with van der Waals surface area (Å²) in [6, 6.07) is 18.0. The molecule has 0 aliphatic heterocycles. The number of hydrogen-bond acceptors (Lipinski definition) is 5. The average molecular weight is 607 g/mol. The van der Waals surface area contributed by atoms with Gasteiger partial charge in [-0.25, -0.2) is 8.78 Å². The van der Waals surface area contributed by atoms with E-state index in [0.29, 0.717) is 35.0 Å². The highest BCUT2D eigenvalue weighted by atomic mass is 19.1. The van der Waals surface area contributed by atoms with E-state index in [1.807, 2.05) is 31.2 Å². The molecule has 2 heterocycles. The number of fused-ring (bicyclic) bond motifs is 1. The SMILES string of the molecule is CNC(=O)c1c(-c2ccc(F)cc2)oc2ccc(-c3cc(C(=O)CC4(c5ccccn5)CC4)c(OCC4CC4)cc3C)c(F)c12. The maximum absolute atomic E-state index is 16.7. The summed E-state index contributed by atoms with van der Waals surface area (Å²) in [5.41, 5.74) is 3.11. The molecule has 1 amide bonds. The molecule has 1 N–H and O–H groups in total. The summed E-state index contributed by atoms with van der Waals surface area (Å²) in [6.45, 7) is 2.38. The number of amides is 1. The Hall–Kier alpha value is -4.85. The predicted octanol–water partition coefficient (Wildman–Crippen LogP) is 8.20. The molecule has 2 saturated carbocycles. The first kappa shape index (κ1) is 28.9. The molecule has 0 radical (unpaired) electrons. The fraction of sp³-hybridized carbons (Fsp3) is 0.270. The van der Waals surface area contributed by atoms with Crippen molar-refractivity contribution >= 4 is 22.7 Å². The van der Waals surface area contributed by atoms with Gasteiger partial charge in [0.05, 0.1) is 23.1 Å². The van der Waals surface area contributed by atoms with E-state index in [2.05, 4.69) is 10.3 Å². The largest absolute Gasteiger partial charge is 0.493 e. The van der Waals surface area contributed by atoms with Crippen molar-refractivity contribution < 1.29 is 27.5 Å². The molecule has 228 valence electrons. The summed E-state index contributed by atoms with van der Waals surface area (Å²) in [5.74, 6) is -0.591. The van der Waals surface area contributed by atoms with Crippen LogP contribution in [0.15, 0.2) is 77.3 Å². The zero-order chi connectivity index (χ0) is 31.3. The molecule has 2 aromatic heterocycles. The molecular formula is C37H32F2N2O4. The number of furan rings is 1. The second-order valence-electron chi connectivity index (χ2n) is 12.2. The lowest BCUT2D eigenvalue weighted by Gasteiger charge is -2.18. The number of aromatic nitrogens is 1. The summed E-state index contributed by atoms with van der Waals surface area (Å²) < 4.78 is 42.5. The predicted molar refractivity (Wildman–Crippen MR) is 167 cm³/mol. The van der Waals surface area contributed by atoms with Crippen LogP contribution in [0.2, 0.25) is 0 Å². The van der Waals surface area contributed by atoms with Crippen LogP contribution in [0, 0.1) is 24.5 Å². The van der Waals surface area contributed by atoms with Crippen molar-refractivity contribution in [2.75, 3.05) is 13.7 Å². The minimum atomic E-state index is -0.650. The second-order valence-corrected chi connectivity index (χ2v) is 12.2. The van der Waals surface area contributed by atoms with Gasteiger partial charge in [-0.1, -0.05) is 6.07 Å². The lowest BCUT2D eigenvalue weighted by molar-refractivity contribution is 0.0956. The number of pyridine rings is 1. The third-order valence-corrected chi connectivity index (χ3v) is 9.00. The summed E-state index contributed by atoms with van der Waals surface area (Å²) >= 11 is 0. The Balaban J connectivity index is 1.34. The van der Waals surface area contributed by atoms with Gasteiger partial charge in [-0.15, -0.1) is 0 Å². The molecule has 8 heteroatoms. The standard InChI is InChI=1S/C37H32F2N2O4/c1-21-17-30(44-20-22-6-7-22)27(28(42)19-37(14-15-37)31-5-3-4-16-41-31)18-26(21)25-12-13-29-32(34(25)39)33(36(43)40-2)35(45-29)23-8-10-24(38)11-9-23/h3-5,8-13,16-18,22H,6-7,14-15,19-20H2,1-2H3,(H,40,43). The minimum absolute atomic E-state index is 0.0135. The number of aryl methyl sites for hydroxylation is 1. The molecule has 5 aromatic rings. The summed E-state index contributed by atoms with van der Waals surface area (Å²) in [7, 11) is 1.46. The molecule has 0 saturated heterocycles. The smallest absolute Gasteiger partial charge is 0.255 e. The van der Waals surface area contributed by atoms with Crippen LogP contribution < -0.4 is 10.1 Å². The van der Waals surface area contributed by atoms with E-state index in [4.69, 9.17) is 9.15 Å². The zero-order valence-electron chi connectivity index (χ0n) is 25.1. The lowest BCUT2D eigenvalue weighted by Crippen LogP contribution is -2.18. The van der Waals surface area contributed by atoms with Crippen molar-refractivity contribution in [2.24, 2.45) is 5.92 Å². The minimum Gasteiger partial charge on any atom is -0.493 e. The molecule has 2 aliphatic carbocycles. The maximum Gasteiger partial charge on any atom is 0.255 e. The van der Waals surface area contributed by atoms with E-state index in [1.165, 1.54) is 31.3 Å². The number of halogens is 2. The Kier molecular flexibility index (Phi) is 7.23. The Morgan fingerprint density at radius 2 is 1.80 bits per heavy atom. The summed E-state index contributed by atoms with van der Waals surface area (Å²) in [4.78, 5) is 31.7. The summed E-state index contributed by atoms with van der Waals surface area (Å²) in [5, 5.41) is 2.59. The van der Waals surface area contributed by atoms with E-state index in [0.717, 1.165) is 36.9 Å². The third-order valence-electron chi connectivity index (χ3n) is 9.00. The summed E-state index contributed by atoms with van der Waals surface area (Å²) in [6.07, 6.45) is 5.97. The number of nitrogens with one attached hydrogen (secondary N) is 1. The molecule has 45 heavy (non-hydrogen) atoms. The van der Waals surface area contributed by atoms with Gasteiger partial charge in [0.2, 0.25) is 0 Å². The van der Waals surface area contributed by atoms with Gasteiger partial charge >= 0.3 is 0 Å². The molecule has 2 fully saturated rings. The van der Waals surface area contributed by atoms with Crippen LogP contribution >= 0.6 is 0 Å². The van der Waals surface area contributed by atoms with Crippen molar-refractivity contribution in [2.45, 2.75) is 44.4 Å². The number of nitrogens with zero attached hydrogens (tertiary/aromatic N) is 1. The Labute approximate surface area is 259 Å². The monoisotopic (exact) mass is 606 g/mol. The molecule has 3 aromatic carbocycles. The van der Waals surface area contributed by atoms with Crippen molar-refractivity contribution in [3.63, 3.8) is 0 Å². The van der Waals surface area contributed by atoms with Crippen LogP contribution in [0.4, 0.5) is 8.78 Å². The van der Waals surface area contributed by atoms with Crippen molar-refractivity contribution in [1.82, 2.24) is 10.3 Å². The first-order valence-corrected chi connectivity index (χ1v) is 15.2. The molecule has 0 bridgehead atoms. The van der Waals surface area contributed by atoms with E-state index in [-0.39, 0.29) is 45.5 Å². The molecule has 0 spiro atoms. The van der Waals surface area contributed by atoms with Crippen LogP contribution in [0.25, 0.3) is 33.4 Å². The maximum atomic E-state index is 16.7. The van der Waals surface area contributed by atoms with Gasteiger partial charge < -0.3 is 14.5 Å². The molecule has 0 atom stereocenters. The van der Waals surface area contributed by atoms with Gasteiger partial charge in [0.1, 0.15) is 28.7 Å². The van der Waals surface area contributed by atoms with E-state index in [1.54, 1.807) is 24.4 Å².